The van der Waals surface area contributed by atoms with E-state index in [0.29, 0.717) is 33.4 Å². The highest BCUT2D eigenvalue weighted by molar-refractivity contribution is 7.00. The van der Waals surface area contributed by atoms with Crippen LogP contribution in [0.1, 0.15) is 31.7 Å². The van der Waals surface area contributed by atoms with E-state index in [4.69, 9.17) is 16.3 Å². The molecule has 1 aromatic heterocycles. The van der Waals surface area contributed by atoms with Crippen LogP contribution in [0.3, 0.4) is 0 Å². The largest absolute Gasteiger partial charge is 0.484 e. The van der Waals surface area contributed by atoms with Crippen molar-refractivity contribution >= 4 is 46.0 Å². The van der Waals surface area contributed by atoms with Gasteiger partial charge < -0.3 is 10.1 Å². The SMILES string of the molecule is CC[C@H](C)c1ccc(OCC(=O)Nc2c(Cl)ccc3nsnc23)cc1. The van der Waals surface area contributed by atoms with E-state index in [9.17, 15) is 4.79 Å². The number of ether oxygens (including phenoxy) is 1. The number of hydrogen-bond acceptors (Lipinski definition) is 5. The maximum absolute atomic E-state index is 12.2. The van der Waals surface area contributed by atoms with E-state index in [2.05, 4.69) is 27.9 Å². The number of halogens is 1. The summed E-state index contributed by atoms with van der Waals surface area (Å²) < 4.78 is 13.9. The maximum atomic E-state index is 12.2. The van der Waals surface area contributed by atoms with Gasteiger partial charge in [0.15, 0.2) is 6.61 Å². The van der Waals surface area contributed by atoms with E-state index in [1.807, 2.05) is 24.3 Å². The molecule has 5 nitrogen and oxygen atoms in total. The third-order valence-corrected chi connectivity index (χ3v) is 4.93. The first-order valence-electron chi connectivity index (χ1n) is 8.02. The van der Waals surface area contributed by atoms with E-state index >= 15 is 0 Å². The van der Waals surface area contributed by atoms with Crippen molar-refractivity contribution in [3.8, 4) is 5.75 Å². The third kappa shape index (κ3) is 4.08. The number of nitrogens with one attached hydrogen (secondary N) is 1. The Morgan fingerprint density at radius 2 is 2.00 bits per heavy atom. The summed E-state index contributed by atoms with van der Waals surface area (Å²) in [7, 11) is 0. The van der Waals surface area contributed by atoms with Crippen LogP contribution in [0.4, 0.5) is 5.69 Å². The number of rotatable bonds is 6. The van der Waals surface area contributed by atoms with Crippen LogP contribution >= 0.6 is 23.3 Å². The van der Waals surface area contributed by atoms with Crippen LogP contribution in [0.5, 0.6) is 5.75 Å². The molecule has 0 radical (unpaired) electrons. The Balaban J connectivity index is 1.63. The van der Waals surface area contributed by atoms with Gasteiger partial charge in [0.1, 0.15) is 16.8 Å². The summed E-state index contributed by atoms with van der Waals surface area (Å²) >= 11 is 7.24. The Morgan fingerprint density at radius 1 is 1.24 bits per heavy atom. The minimum atomic E-state index is -0.298. The van der Waals surface area contributed by atoms with E-state index in [-0.39, 0.29) is 12.5 Å². The van der Waals surface area contributed by atoms with Crippen molar-refractivity contribution in [2.45, 2.75) is 26.2 Å². The first kappa shape index (κ1) is 17.6. The van der Waals surface area contributed by atoms with Crippen molar-refractivity contribution in [2.75, 3.05) is 11.9 Å². The van der Waals surface area contributed by atoms with Gasteiger partial charge in [-0.1, -0.05) is 37.6 Å². The molecule has 3 aromatic rings. The minimum absolute atomic E-state index is 0.104. The average Bonchev–Trinajstić information content (AvgIpc) is 3.11. The quantitative estimate of drug-likeness (QED) is 0.667. The van der Waals surface area contributed by atoms with Crippen molar-refractivity contribution in [3.63, 3.8) is 0 Å². The standard InChI is InChI=1S/C18H18ClN3O2S/c1-3-11(2)12-4-6-13(7-5-12)24-10-16(23)20-17-14(19)8-9-15-18(17)22-25-21-15/h4-9,11H,3,10H2,1-2H3,(H,20,23)/t11-/m0/s1. The number of aromatic nitrogens is 2. The lowest BCUT2D eigenvalue weighted by Gasteiger charge is -2.11. The molecule has 0 saturated carbocycles. The van der Waals surface area contributed by atoms with Crippen LogP contribution in [-0.4, -0.2) is 21.3 Å². The number of benzene rings is 2. The number of nitrogens with zero attached hydrogens (tertiary/aromatic N) is 2. The minimum Gasteiger partial charge on any atom is -0.484 e. The van der Waals surface area contributed by atoms with Gasteiger partial charge in [0.2, 0.25) is 0 Å². The van der Waals surface area contributed by atoms with Crippen LogP contribution in [-0.2, 0) is 4.79 Å². The van der Waals surface area contributed by atoms with Crippen molar-refractivity contribution in [1.29, 1.82) is 0 Å². The molecule has 0 aliphatic heterocycles. The molecule has 1 N–H and O–H groups in total. The Labute approximate surface area is 155 Å². The number of carbonyl (C=O) groups excluding carboxylic acids is 1. The average molecular weight is 376 g/mol. The van der Waals surface area contributed by atoms with Gasteiger partial charge in [0.05, 0.1) is 22.4 Å². The molecule has 1 amide bonds. The zero-order valence-corrected chi connectivity index (χ0v) is 15.5. The van der Waals surface area contributed by atoms with Gasteiger partial charge >= 0.3 is 0 Å². The van der Waals surface area contributed by atoms with Gasteiger partial charge in [-0.05, 0) is 42.2 Å². The summed E-state index contributed by atoms with van der Waals surface area (Å²) in [6, 6.07) is 11.3. The highest BCUT2D eigenvalue weighted by atomic mass is 35.5. The molecule has 25 heavy (non-hydrogen) atoms. The number of fused-ring (bicyclic) bond motifs is 1. The topological polar surface area (TPSA) is 64.1 Å². The monoisotopic (exact) mass is 375 g/mol. The molecule has 0 aliphatic carbocycles. The lowest BCUT2D eigenvalue weighted by Crippen LogP contribution is -2.20. The number of hydrogen-bond donors (Lipinski definition) is 1. The van der Waals surface area contributed by atoms with Crippen LogP contribution in [0.25, 0.3) is 11.0 Å². The molecule has 0 bridgehead atoms. The molecule has 0 fully saturated rings. The predicted molar refractivity (Wildman–Crippen MR) is 102 cm³/mol. The van der Waals surface area contributed by atoms with E-state index in [1.165, 1.54) is 5.56 Å². The second-order valence-corrected chi connectivity index (χ2v) is 6.71. The Bertz CT molecular complexity index is 880. The van der Waals surface area contributed by atoms with Crippen molar-refractivity contribution in [1.82, 2.24) is 8.75 Å². The summed E-state index contributed by atoms with van der Waals surface area (Å²) in [6.07, 6.45) is 1.08. The van der Waals surface area contributed by atoms with Gasteiger partial charge in [-0.25, -0.2) is 0 Å². The molecule has 0 spiro atoms. The van der Waals surface area contributed by atoms with Gasteiger partial charge in [-0.15, -0.1) is 0 Å². The summed E-state index contributed by atoms with van der Waals surface area (Å²) in [6.45, 7) is 4.23. The fourth-order valence-electron chi connectivity index (χ4n) is 2.40. The first-order valence-corrected chi connectivity index (χ1v) is 9.12. The lowest BCUT2D eigenvalue weighted by atomic mass is 9.99. The fraction of sp³-hybridized carbons (Fsp3) is 0.278. The highest BCUT2D eigenvalue weighted by Crippen LogP contribution is 2.30. The van der Waals surface area contributed by atoms with E-state index in [1.54, 1.807) is 12.1 Å². The molecular formula is C18H18ClN3O2S. The van der Waals surface area contributed by atoms with Gasteiger partial charge in [0, 0.05) is 0 Å². The Morgan fingerprint density at radius 3 is 2.72 bits per heavy atom. The molecule has 1 atom stereocenters. The Hall–Kier alpha value is -2.18. The lowest BCUT2D eigenvalue weighted by molar-refractivity contribution is -0.118. The van der Waals surface area contributed by atoms with Crippen molar-refractivity contribution in [3.05, 3.63) is 47.0 Å². The molecule has 0 aliphatic rings. The number of amides is 1. The zero-order chi connectivity index (χ0) is 17.8. The molecule has 3 rings (SSSR count). The van der Waals surface area contributed by atoms with Gasteiger partial charge in [-0.2, -0.15) is 8.75 Å². The summed E-state index contributed by atoms with van der Waals surface area (Å²) in [4.78, 5) is 12.2. The molecule has 1 heterocycles. The smallest absolute Gasteiger partial charge is 0.262 e. The van der Waals surface area contributed by atoms with Gasteiger partial charge in [0.25, 0.3) is 5.91 Å². The van der Waals surface area contributed by atoms with Crippen molar-refractivity contribution < 1.29 is 9.53 Å². The first-order chi connectivity index (χ1) is 12.1. The van der Waals surface area contributed by atoms with Crippen LogP contribution in [0, 0.1) is 0 Å². The second kappa shape index (κ2) is 7.80. The summed E-state index contributed by atoms with van der Waals surface area (Å²) in [5.74, 6) is 0.863. The van der Waals surface area contributed by atoms with Crippen molar-refractivity contribution in [2.24, 2.45) is 0 Å². The third-order valence-electron chi connectivity index (χ3n) is 4.07. The second-order valence-electron chi connectivity index (χ2n) is 5.77. The van der Waals surface area contributed by atoms with Crippen LogP contribution in [0.15, 0.2) is 36.4 Å². The number of carbonyl (C=O) groups is 1. The molecule has 130 valence electrons. The summed E-state index contributed by atoms with van der Waals surface area (Å²) in [5, 5.41) is 3.18. The Kier molecular flexibility index (Phi) is 5.50. The highest BCUT2D eigenvalue weighted by Gasteiger charge is 2.13. The fourth-order valence-corrected chi connectivity index (χ4v) is 3.14. The molecular weight excluding hydrogens is 358 g/mol. The predicted octanol–water partition coefficient (Wildman–Crippen LogP) is 4.88. The van der Waals surface area contributed by atoms with Crippen LogP contribution < -0.4 is 10.1 Å². The van der Waals surface area contributed by atoms with E-state index < -0.39 is 0 Å². The molecule has 0 unspecified atom stereocenters. The maximum Gasteiger partial charge on any atom is 0.262 e. The molecule has 7 heteroatoms. The van der Waals surface area contributed by atoms with Crippen LogP contribution in [0.2, 0.25) is 5.02 Å². The molecule has 2 aromatic carbocycles. The number of anilines is 1. The normalized spacial score (nSPS) is 12.1. The van der Waals surface area contributed by atoms with Gasteiger partial charge in [-0.3, -0.25) is 4.79 Å². The molecule has 0 saturated heterocycles. The zero-order valence-electron chi connectivity index (χ0n) is 14.0. The van der Waals surface area contributed by atoms with E-state index in [0.717, 1.165) is 18.1 Å². The summed E-state index contributed by atoms with van der Waals surface area (Å²) in [5.41, 5.74) is 3.01.